The third-order valence-electron chi connectivity index (χ3n) is 2.00. The Morgan fingerprint density at radius 3 is 1.29 bits per heavy atom. The van der Waals surface area contributed by atoms with Crippen LogP contribution in [0.2, 0.25) is 0 Å². The maximum Gasteiger partial charge on any atom is 0.238 e. The van der Waals surface area contributed by atoms with Crippen molar-refractivity contribution in [3.8, 4) is 0 Å². The molecule has 0 saturated heterocycles. The van der Waals surface area contributed by atoms with E-state index in [1.54, 1.807) is 0 Å². The van der Waals surface area contributed by atoms with Crippen LogP contribution in [0.3, 0.4) is 0 Å². The Bertz CT molecular complexity index is 208. The van der Waals surface area contributed by atoms with Crippen LogP contribution in [0.1, 0.15) is 13.8 Å². The van der Waals surface area contributed by atoms with E-state index in [1.165, 1.54) is 0 Å². The van der Waals surface area contributed by atoms with Gasteiger partial charge in [-0.15, -0.1) is 0 Å². The number of nitrogens with zero attached hydrogens (tertiary/aromatic N) is 2. The Morgan fingerprint density at radius 2 is 1.14 bits per heavy atom. The molecule has 0 heterocycles. The largest absolute Gasteiger partial charge is 0.383 e. The summed E-state index contributed by atoms with van der Waals surface area (Å²) < 4.78 is 0. The molecule has 0 spiro atoms. The van der Waals surface area contributed by atoms with Crippen molar-refractivity contribution in [2.45, 2.75) is 38.1 Å². The summed E-state index contributed by atoms with van der Waals surface area (Å²) >= 11 is 0. The number of aliphatic hydroxyl groups excluding tert-OH is 2. The molecule has 4 atom stereocenters. The minimum absolute atomic E-state index is 0.805. The second kappa shape index (κ2) is 4.82. The summed E-state index contributed by atoms with van der Waals surface area (Å²) in [5, 5.41) is 38.8. The molecular formula is C6H12N2O6. The maximum atomic E-state index is 10.2. The molecule has 0 fully saturated rings. The second-order valence-electron chi connectivity index (χ2n) is 3.03. The first-order valence-electron chi connectivity index (χ1n) is 3.92. The van der Waals surface area contributed by atoms with Crippen molar-refractivity contribution < 1.29 is 20.1 Å². The van der Waals surface area contributed by atoms with Crippen molar-refractivity contribution in [3.05, 3.63) is 20.2 Å². The molecule has 0 aliphatic rings. The average molecular weight is 208 g/mol. The van der Waals surface area contributed by atoms with Gasteiger partial charge >= 0.3 is 0 Å². The van der Waals surface area contributed by atoms with Crippen LogP contribution in [-0.4, -0.2) is 44.4 Å². The Kier molecular flexibility index (Phi) is 4.38. The van der Waals surface area contributed by atoms with E-state index in [9.17, 15) is 30.4 Å². The normalized spacial score (nSPS) is 19.4. The first-order valence-corrected chi connectivity index (χ1v) is 3.92. The quantitative estimate of drug-likeness (QED) is 0.442. The van der Waals surface area contributed by atoms with Crippen LogP contribution in [0.4, 0.5) is 0 Å². The molecule has 0 unspecified atom stereocenters. The highest BCUT2D eigenvalue weighted by molar-refractivity contribution is 4.76. The summed E-state index contributed by atoms with van der Waals surface area (Å²) in [6.45, 7) is 2.14. The van der Waals surface area contributed by atoms with Gasteiger partial charge in [-0.3, -0.25) is 20.2 Å². The van der Waals surface area contributed by atoms with Crippen molar-refractivity contribution >= 4 is 0 Å². The van der Waals surface area contributed by atoms with Gasteiger partial charge in [-0.05, 0) is 0 Å². The Labute approximate surface area is 79.5 Å². The van der Waals surface area contributed by atoms with E-state index >= 15 is 0 Å². The van der Waals surface area contributed by atoms with Gasteiger partial charge in [0.1, 0.15) is 0 Å². The lowest BCUT2D eigenvalue weighted by Gasteiger charge is -2.19. The second-order valence-corrected chi connectivity index (χ2v) is 3.03. The molecule has 82 valence electrons. The van der Waals surface area contributed by atoms with Crippen LogP contribution in [0.15, 0.2) is 0 Å². The monoisotopic (exact) mass is 208 g/mol. The van der Waals surface area contributed by atoms with Crippen LogP contribution in [0.5, 0.6) is 0 Å². The molecule has 0 aromatic carbocycles. The van der Waals surface area contributed by atoms with E-state index in [0.717, 1.165) is 13.8 Å². The predicted octanol–water partition coefficient (Wildman–Crippen LogP) is -0.961. The predicted molar refractivity (Wildman–Crippen MR) is 44.9 cm³/mol. The van der Waals surface area contributed by atoms with E-state index in [4.69, 9.17) is 0 Å². The summed E-state index contributed by atoms with van der Waals surface area (Å²) in [6.07, 6.45) is -3.49. The SMILES string of the molecule is C[C@H]([C@H](O)[C@@H](O)[C@H](C)[N+](=O)[O-])[N+](=O)[O-]. The zero-order valence-electron chi connectivity index (χ0n) is 7.73. The number of rotatable bonds is 5. The standard InChI is InChI=1S/C6H12N2O6/c1-3(7(11)12)5(9)6(10)4(2)8(13)14/h3-6,9-10H,1-2H3/t3-,4+,5-,6-/m0/s1. The molecule has 2 N–H and O–H groups in total. The van der Waals surface area contributed by atoms with Gasteiger partial charge < -0.3 is 10.2 Å². The van der Waals surface area contributed by atoms with Crippen molar-refractivity contribution in [3.63, 3.8) is 0 Å². The van der Waals surface area contributed by atoms with Crippen molar-refractivity contribution in [2.75, 3.05) is 0 Å². The van der Waals surface area contributed by atoms with E-state index in [2.05, 4.69) is 0 Å². The Morgan fingerprint density at radius 1 is 0.929 bits per heavy atom. The Balaban J connectivity index is 4.45. The van der Waals surface area contributed by atoms with E-state index in [0.29, 0.717) is 0 Å². The highest BCUT2D eigenvalue weighted by atomic mass is 16.6. The summed E-state index contributed by atoms with van der Waals surface area (Å²) in [5.41, 5.74) is 0. The fourth-order valence-corrected chi connectivity index (χ4v) is 0.820. The molecule has 0 aromatic heterocycles. The van der Waals surface area contributed by atoms with Gasteiger partial charge in [0.2, 0.25) is 12.1 Å². The fourth-order valence-electron chi connectivity index (χ4n) is 0.820. The third-order valence-corrected chi connectivity index (χ3v) is 2.00. The molecule has 0 bridgehead atoms. The zero-order chi connectivity index (χ0) is 11.5. The lowest BCUT2D eigenvalue weighted by molar-refractivity contribution is -0.553. The van der Waals surface area contributed by atoms with Gasteiger partial charge in [0.25, 0.3) is 0 Å². The maximum absolute atomic E-state index is 10.2. The molecule has 0 aliphatic heterocycles. The minimum Gasteiger partial charge on any atom is -0.383 e. The fraction of sp³-hybridized carbons (Fsp3) is 1.00. The molecule has 0 aliphatic carbocycles. The van der Waals surface area contributed by atoms with Gasteiger partial charge in [0, 0.05) is 23.7 Å². The van der Waals surface area contributed by atoms with Gasteiger partial charge in [-0.2, -0.15) is 0 Å². The van der Waals surface area contributed by atoms with Crippen LogP contribution in [0, 0.1) is 20.2 Å². The van der Waals surface area contributed by atoms with Crippen molar-refractivity contribution in [1.82, 2.24) is 0 Å². The lowest BCUT2D eigenvalue weighted by atomic mass is 10.0. The minimum atomic E-state index is -1.74. The molecular weight excluding hydrogens is 196 g/mol. The van der Waals surface area contributed by atoms with Gasteiger partial charge in [-0.1, -0.05) is 0 Å². The van der Waals surface area contributed by atoms with Gasteiger partial charge in [0.05, 0.1) is 0 Å². The van der Waals surface area contributed by atoms with Crippen molar-refractivity contribution in [2.24, 2.45) is 0 Å². The summed E-state index contributed by atoms with van der Waals surface area (Å²) in [5.74, 6) is 0. The van der Waals surface area contributed by atoms with E-state index in [-0.39, 0.29) is 0 Å². The lowest BCUT2D eigenvalue weighted by Crippen LogP contribution is -2.47. The molecule has 14 heavy (non-hydrogen) atoms. The van der Waals surface area contributed by atoms with E-state index in [1.807, 2.05) is 0 Å². The molecule has 0 aromatic rings. The van der Waals surface area contributed by atoms with Gasteiger partial charge in [0.15, 0.2) is 12.2 Å². The number of aliphatic hydroxyl groups is 2. The summed E-state index contributed by atoms with van der Waals surface area (Å²) in [7, 11) is 0. The highest BCUT2D eigenvalue weighted by Gasteiger charge is 2.39. The topological polar surface area (TPSA) is 127 Å². The smallest absolute Gasteiger partial charge is 0.238 e. The van der Waals surface area contributed by atoms with Gasteiger partial charge in [-0.25, -0.2) is 0 Å². The molecule has 0 rings (SSSR count). The van der Waals surface area contributed by atoms with Crippen molar-refractivity contribution in [1.29, 1.82) is 0 Å². The number of nitro groups is 2. The van der Waals surface area contributed by atoms with Crippen LogP contribution in [0.25, 0.3) is 0 Å². The molecule has 0 saturated carbocycles. The number of hydrogen-bond donors (Lipinski definition) is 2. The molecule has 0 radical (unpaired) electrons. The van der Waals surface area contributed by atoms with E-state index < -0.39 is 34.1 Å². The molecule has 0 amide bonds. The Hall–Kier alpha value is -1.28. The average Bonchev–Trinajstić information content (AvgIpc) is 2.12. The first-order chi connectivity index (χ1) is 6.29. The van der Waals surface area contributed by atoms with Crippen LogP contribution >= 0.6 is 0 Å². The summed E-state index contributed by atoms with van der Waals surface area (Å²) in [6, 6.07) is -2.88. The molecule has 8 nitrogen and oxygen atoms in total. The summed E-state index contributed by atoms with van der Waals surface area (Å²) in [4.78, 5) is 18.8. The highest BCUT2D eigenvalue weighted by Crippen LogP contribution is 2.08. The zero-order valence-corrected chi connectivity index (χ0v) is 7.73. The van der Waals surface area contributed by atoms with Crippen LogP contribution < -0.4 is 0 Å². The molecule has 8 heteroatoms. The number of hydrogen-bond acceptors (Lipinski definition) is 6. The van der Waals surface area contributed by atoms with Crippen LogP contribution in [-0.2, 0) is 0 Å². The first kappa shape index (κ1) is 12.7. The third kappa shape index (κ3) is 2.89.